The van der Waals surface area contributed by atoms with Gasteiger partial charge in [0.05, 0.1) is 5.56 Å². The molecule has 3 nitrogen and oxygen atoms in total. The van der Waals surface area contributed by atoms with E-state index in [4.69, 9.17) is 8.85 Å². The number of hydrogen-bond donors (Lipinski definition) is 0. The third-order valence-corrected chi connectivity index (χ3v) is 8.50. The van der Waals surface area contributed by atoms with Gasteiger partial charge < -0.3 is 8.85 Å². The molecule has 0 bridgehead atoms. The van der Waals surface area contributed by atoms with Crippen LogP contribution in [0.1, 0.15) is 51.9 Å². The first kappa shape index (κ1) is 14.1. The fraction of sp³-hybridized carbons (Fsp3) is 0.533. The summed E-state index contributed by atoms with van der Waals surface area (Å²) in [5, 5.41) is -0.400. The molecule has 1 aliphatic heterocycles. The third kappa shape index (κ3) is 2.08. The summed E-state index contributed by atoms with van der Waals surface area (Å²) in [4.78, 5) is 12.3. The Balaban J connectivity index is 2.60. The van der Waals surface area contributed by atoms with Gasteiger partial charge in [-0.3, -0.25) is 0 Å². The Bertz CT molecular complexity index is 495. The summed E-state index contributed by atoms with van der Waals surface area (Å²) in [6.45, 7) is 12.5. The minimum absolute atomic E-state index is 0.200. The van der Waals surface area contributed by atoms with Crippen molar-refractivity contribution in [1.29, 1.82) is 0 Å². The summed E-state index contributed by atoms with van der Waals surface area (Å²) in [5.74, 6) is 0.411. The molecule has 0 amide bonds. The number of fused-ring (bicyclic) bond motifs is 1. The molecular formula is C15H22O3Si. The van der Waals surface area contributed by atoms with Crippen LogP contribution in [0.25, 0.3) is 0 Å². The Morgan fingerprint density at radius 3 is 1.95 bits per heavy atom. The topological polar surface area (TPSA) is 35.5 Å². The third-order valence-electron chi connectivity index (χ3n) is 3.57. The maximum absolute atomic E-state index is 12.3. The molecule has 0 N–H and O–H groups in total. The number of hydrogen-bond acceptors (Lipinski definition) is 3. The van der Waals surface area contributed by atoms with Gasteiger partial charge in [-0.15, -0.1) is 0 Å². The van der Waals surface area contributed by atoms with Crippen molar-refractivity contribution in [3.63, 3.8) is 0 Å². The molecule has 0 spiro atoms. The van der Waals surface area contributed by atoms with E-state index < -0.39 is 8.56 Å². The lowest BCUT2D eigenvalue weighted by Gasteiger charge is -2.49. The number of benzene rings is 1. The van der Waals surface area contributed by atoms with E-state index in [1.807, 2.05) is 18.2 Å². The number of para-hydroxylation sites is 1. The first-order valence-corrected chi connectivity index (χ1v) is 8.41. The molecule has 104 valence electrons. The fourth-order valence-corrected chi connectivity index (χ4v) is 7.20. The average Bonchev–Trinajstić information content (AvgIpc) is 2.26. The zero-order chi connectivity index (χ0) is 14.5. The normalized spacial score (nSPS) is 18.3. The van der Waals surface area contributed by atoms with Crippen LogP contribution in [0.4, 0.5) is 0 Å². The lowest BCUT2D eigenvalue weighted by atomic mass is 10.2. The highest BCUT2D eigenvalue weighted by Gasteiger charge is 2.64. The van der Waals surface area contributed by atoms with Crippen LogP contribution in [-0.2, 0) is 4.43 Å². The van der Waals surface area contributed by atoms with Crippen molar-refractivity contribution in [2.24, 2.45) is 0 Å². The minimum atomic E-state index is -2.75. The van der Waals surface area contributed by atoms with E-state index in [9.17, 15) is 4.79 Å². The zero-order valence-electron chi connectivity index (χ0n) is 12.5. The summed E-state index contributed by atoms with van der Waals surface area (Å²) >= 11 is 0. The Kier molecular flexibility index (Phi) is 3.05. The Labute approximate surface area is 116 Å². The van der Waals surface area contributed by atoms with Gasteiger partial charge in [-0.25, -0.2) is 4.79 Å². The predicted molar refractivity (Wildman–Crippen MR) is 77.7 cm³/mol. The molecule has 1 aromatic carbocycles. The molecule has 0 atom stereocenters. The van der Waals surface area contributed by atoms with Crippen molar-refractivity contribution in [3.8, 4) is 5.75 Å². The van der Waals surface area contributed by atoms with Crippen molar-refractivity contribution in [3.05, 3.63) is 29.8 Å². The molecule has 0 saturated carbocycles. The zero-order valence-corrected chi connectivity index (χ0v) is 13.5. The quantitative estimate of drug-likeness (QED) is 0.664. The summed E-state index contributed by atoms with van der Waals surface area (Å²) in [7, 11) is -2.75. The van der Waals surface area contributed by atoms with E-state index in [1.54, 1.807) is 6.07 Å². The molecule has 0 aromatic heterocycles. The molecule has 0 aliphatic carbocycles. The van der Waals surface area contributed by atoms with Crippen molar-refractivity contribution >= 4 is 14.5 Å². The van der Waals surface area contributed by atoms with Crippen molar-refractivity contribution in [2.45, 2.75) is 51.6 Å². The largest absolute Gasteiger partial charge is 0.510 e. The maximum atomic E-state index is 12.3. The second-order valence-corrected chi connectivity index (χ2v) is 11.7. The van der Waals surface area contributed by atoms with Crippen LogP contribution in [-0.4, -0.2) is 14.5 Å². The van der Waals surface area contributed by atoms with Gasteiger partial charge in [-0.1, -0.05) is 53.7 Å². The van der Waals surface area contributed by atoms with Gasteiger partial charge in [-0.05, 0) is 12.1 Å². The van der Waals surface area contributed by atoms with Gasteiger partial charge in [0.1, 0.15) is 5.75 Å². The van der Waals surface area contributed by atoms with Crippen LogP contribution in [0.15, 0.2) is 24.3 Å². The fourth-order valence-electron chi connectivity index (χ4n) is 2.82. The van der Waals surface area contributed by atoms with Gasteiger partial charge in [0.15, 0.2) is 0 Å². The van der Waals surface area contributed by atoms with E-state index in [1.165, 1.54) is 0 Å². The highest BCUT2D eigenvalue weighted by molar-refractivity contribution is 6.76. The molecule has 1 aromatic rings. The van der Waals surface area contributed by atoms with Crippen LogP contribution in [0.2, 0.25) is 10.1 Å². The lowest BCUT2D eigenvalue weighted by molar-refractivity contribution is 0.0605. The van der Waals surface area contributed by atoms with Gasteiger partial charge in [0, 0.05) is 10.1 Å². The summed E-state index contributed by atoms with van der Waals surface area (Å²) in [6, 6.07) is 7.32. The molecular weight excluding hydrogens is 256 g/mol. The average molecular weight is 278 g/mol. The van der Waals surface area contributed by atoms with Gasteiger partial charge in [0.2, 0.25) is 0 Å². The van der Waals surface area contributed by atoms with Crippen molar-refractivity contribution in [2.75, 3.05) is 0 Å². The van der Waals surface area contributed by atoms with E-state index in [2.05, 4.69) is 41.5 Å². The smallest absolute Gasteiger partial charge is 0.473 e. The maximum Gasteiger partial charge on any atom is 0.473 e. The summed E-state index contributed by atoms with van der Waals surface area (Å²) in [6.07, 6.45) is 0. The predicted octanol–water partition coefficient (Wildman–Crippen LogP) is 4.28. The first-order valence-electron chi connectivity index (χ1n) is 6.60. The Morgan fingerprint density at radius 1 is 0.895 bits per heavy atom. The molecule has 0 radical (unpaired) electrons. The molecule has 0 unspecified atom stereocenters. The number of carbonyl (C=O) groups excluding carboxylic acids is 1. The highest BCUT2D eigenvalue weighted by atomic mass is 28.4. The second-order valence-electron chi connectivity index (χ2n) is 7.10. The Hall–Kier alpha value is -1.29. The summed E-state index contributed by atoms with van der Waals surface area (Å²) in [5.41, 5.74) is 0.527. The van der Waals surface area contributed by atoms with Crippen LogP contribution in [0.5, 0.6) is 5.75 Å². The van der Waals surface area contributed by atoms with Crippen LogP contribution in [0.3, 0.4) is 0 Å². The van der Waals surface area contributed by atoms with E-state index in [0.29, 0.717) is 11.3 Å². The molecule has 2 rings (SSSR count). The summed E-state index contributed by atoms with van der Waals surface area (Å²) < 4.78 is 12.2. The Morgan fingerprint density at radius 2 is 1.42 bits per heavy atom. The van der Waals surface area contributed by atoms with E-state index >= 15 is 0 Å². The molecule has 0 fully saturated rings. The molecule has 19 heavy (non-hydrogen) atoms. The van der Waals surface area contributed by atoms with E-state index in [0.717, 1.165) is 0 Å². The highest BCUT2D eigenvalue weighted by Crippen LogP contribution is 2.54. The molecule has 1 heterocycles. The molecule has 4 heteroatoms. The monoisotopic (exact) mass is 278 g/mol. The standard InChI is InChI=1S/C15H22O3Si/c1-14(2,3)19(15(4,5)6)17-12-10-8-7-9-11(12)13(16)18-19/h7-10H,1-6H3. The SMILES string of the molecule is CC(C)(C)[Si]1(C(C)(C)C)OC(=O)c2ccccc2O1. The lowest BCUT2D eigenvalue weighted by Crippen LogP contribution is -2.62. The minimum Gasteiger partial charge on any atom is -0.510 e. The van der Waals surface area contributed by atoms with Gasteiger partial charge in [-0.2, -0.15) is 0 Å². The van der Waals surface area contributed by atoms with E-state index in [-0.39, 0.29) is 16.0 Å². The van der Waals surface area contributed by atoms with Crippen molar-refractivity contribution < 1.29 is 13.6 Å². The molecule has 0 saturated heterocycles. The number of rotatable bonds is 0. The van der Waals surface area contributed by atoms with Gasteiger partial charge in [0.25, 0.3) is 0 Å². The van der Waals surface area contributed by atoms with Crippen LogP contribution >= 0.6 is 0 Å². The van der Waals surface area contributed by atoms with Crippen molar-refractivity contribution in [1.82, 2.24) is 0 Å². The van der Waals surface area contributed by atoms with Crippen LogP contribution in [0, 0.1) is 0 Å². The van der Waals surface area contributed by atoms with Crippen LogP contribution < -0.4 is 4.43 Å². The first-order chi connectivity index (χ1) is 8.58. The number of carbonyl (C=O) groups is 1. The second kappa shape index (κ2) is 4.10. The molecule has 1 aliphatic rings. The van der Waals surface area contributed by atoms with Gasteiger partial charge >= 0.3 is 14.5 Å².